The van der Waals surface area contributed by atoms with Gasteiger partial charge in [0.2, 0.25) is 5.76 Å². The summed E-state index contributed by atoms with van der Waals surface area (Å²) < 4.78 is 23.5. The van der Waals surface area contributed by atoms with Crippen LogP contribution in [0.5, 0.6) is 5.75 Å². The van der Waals surface area contributed by atoms with Crippen LogP contribution in [-0.2, 0) is 0 Å². The lowest BCUT2D eigenvalue weighted by Gasteiger charge is -2.06. The largest absolute Gasteiger partial charge is 0.497 e. The van der Waals surface area contributed by atoms with Crippen molar-refractivity contribution in [2.24, 2.45) is 0 Å². The molecule has 2 aromatic rings. The third-order valence-corrected chi connectivity index (χ3v) is 2.46. The van der Waals surface area contributed by atoms with Gasteiger partial charge in [0.05, 0.1) is 7.11 Å². The van der Waals surface area contributed by atoms with Crippen LogP contribution in [0, 0.1) is 12.7 Å². The lowest BCUT2D eigenvalue weighted by atomic mass is 10.1. The molecule has 0 saturated heterocycles. The molecule has 18 heavy (non-hydrogen) atoms. The summed E-state index contributed by atoms with van der Waals surface area (Å²) in [5, 5.41) is 12.3. The average Bonchev–Trinajstić information content (AvgIpc) is 2.82. The molecule has 1 aromatic carbocycles. The SMILES string of the molecule is COc1cc(C)c(F)c(-c2cc(C(=O)O)on2)c1. The van der Waals surface area contributed by atoms with Gasteiger partial charge in [0.25, 0.3) is 0 Å². The van der Waals surface area contributed by atoms with Crippen molar-refractivity contribution in [1.29, 1.82) is 0 Å². The van der Waals surface area contributed by atoms with E-state index in [9.17, 15) is 9.18 Å². The van der Waals surface area contributed by atoms with Crippen molar-refractivity contribution in [3.8, 4) is 17.0 Å². The van der Waals surface area contributed by atoms with Crippen molar-refractivity contribution in [1.82, 2.24) is 5.16 Å². The number of aryl methyl sites for hydroxylation is 1. The minimum absolute atomic E-state index is 0.118. The number of rotatable bonds is 3. The summed E-state index contributed by atoms with van der Waals surface area (Å²) in [4.78, 5) is 10.7. The number of aromatic nitrogens is 1. The Hall–Kier alpha value is -2.37. The maximum absolute atomic E-state index is 13.9. The fourth-order valence-corrected chi connectivity index (χ4v) is 1.54. The Bertz CT molecular complexity index is 606. The first-order valence-electron chi connectivity index (χ1n) is 5.07. The van der Waals surface area contributed by atoms with Gasteiger partial charge in [-0.3, -0.25) is 0 Å². The van der Waals surface area contributed by atoms with E-state index in [0.717, 1.165) is 0 Å². The first-order valence-corrected chi connectivity index (χ1v) is 5.07. The van der Waals surface area contributed by atoms with Crippen molar-refractivity contribution in [2.75, 3.05) is 7.11 Å². The lowest BCUT2D eigenvalue weighted by molar-refractivity contribution is 0.0652. The van der Waals surface area contributed by atoms with E-state index in [1.165, 1.54) is 25.3 Å². The Balaban J connectivity index is 2.55. The minimum Gasteiger partial charge on any atom is -0.497 e. The fraction of sp³-hybridized carbons (Fsp3) is 0.167. The molecule has 5 nitrogen and oxygen atoms in total. The summed E-state index contributed by atoms with van der Waals surface area (Å²) in [6, 6.07) is 4.14. The highest BCUT2D eigenvalue weighted by Gasteiger charge is 2.17. The van der Waals surface area contributed by atoms with E-state index in [4.69, 9.17) is 9.84 Å². The predicted octanol–water partition coefficient (Wildman–Crippen LogP) is 2.50. The van der Waals surface area contributed by atoms with Crippen LogP contribution in [0.2, 0.25) is 0 Å². The number of methoxy groups -OCH3 is 1. The fourth-order valence-electron chi connectivity index (χ4n) is 1.54. The second-order valence-electron chi connectivity index (χ2n) is 3.69. The molecule has 6 heteroatoms. The number of ether oxygens (including phenoxy) is 1. The standard InChI is InChI=1S/C12H10FNO4/c1-6-3-7(17-2)4-8(11(6)13)9-5-10(12(15)16)18-14-9/h3-5H,1-2H3,(H,15,16). The van der Waals surface area contributed by atoms with Gasteiger partial charge in [-0.05, 0) is 24.6 Å². The molecule has 2 rings (SSSR count). The van der Waals surface area contributed by atoms with Gasteiger partial charge in [-0.25, -0.2) is 9.18 Å². The van der Waals surface area contributed by atoms with E-state index in [0.29, 0.717) is 11.3 Å². The number of carboxylic acid groups (broad SMARTS) is 1. The van der Waals surface area contributed by atoms with Crippen LogP contribution >= 0.6 is 0 Å². The summed E-state index contributed by atoms with van der Waals surface area (Å²) in [5.74, 6) is -1.62. The van der Waals surface area contributed by atoms with Crippen LogP contribution < -0.4 is 4.74 Å². The molecule has 0 aliphatic carbocycles. The van der Waals surface area contributed by atoms with Gasteiger partial charge >= 0.3 is 5.97 Å². The van der Waals surface area contributed by atoms with Gasteiger partial charge < -0.3 is 14.4 Å². The zero-order valence-corrected chi connectivity index (χ0v) is 9.73. The molecule has 0 unspecified atom stereocenters. The van der Waals surface area contributed by atoms with Crippen LogP contribution in [0.1, 0.15) is 16.1 Å². The molecular weight excluding hydrogens is 241 g/mol. The van der Waals surface area contributed by atoms with Crippen molar-refractivity contribution in [2.45, 2.75) is 6.92 Å². The Morgan fingerprint density at radius 2 is 2.17 bits per heavy atom. The van der Waals surface area contributed by atoms with Gasteiger partial charge in [-0.2, -0.15) is 0 Å². The molecule has 0 spiro atoms. The summed E-state index contributed by atoms with van der Waals surface area (Å²) >= 11 is 0. The molecule has 0 aliphatic rings. The van der Waals surface area contributed by atoms with Crippen molar-refractivity contribution < 1.29 is 23.6 Å². The average molecular weight is 251 g/mol. The summed E-state index contributed by atoms with van der Waals surface area (Å²) in [7, 11) is 1.46. The van der Waals surface area contributed by atoms with Crippen molar-refractivity contribution >= 4 is 5.97 Å². The lowest BCUT2D eigenvalue weighted by Crippen LogP contribution is -1.93. The molecule has 0 atom stereocenters. The Morgan fingerprint density at radius 1 is 1.44 bits per heavy atom. The minimum atomic E-state index is -1.26. The Labute approximate surface area is 102 Å². The number of hydrogen-bond acceptors (Lipinski definition) is 4. The number of benzene rings is 1. The van der Waals surface area contributed by atoms with E-state index in [2.05, 4.69) is 9.68 Å². The topological polar surface area (TPSA) is 72.6 Å². The van der Waals surface area contributed by atoms with Crippen LogP contribution in [-0.4, -0.2) is 23.3 Å². The smallest absolute Gasteiger partial charge is 0.374 e. The molecule has 0 amide bonds. The van der Waals surface area contributed by atoms with E-state index < -0.39 is 11.8 Å². The van der Waals surface area contributed by atoms with Gasteiger partial charge in [0.1, 0.15) is 17.3 Å². The van der Waals surface area contributed by atoms with E-state index in [1.54, 1.807) is 6.92 Å². The molecule has 1 heterocycles. The third-order valence-electron chi connectivity index (χ3n) is 2.46. The van der Waals surface area contributed by atoms with Crippen LogP contribution in [0.3, 0.4) is 0 Å². The normalized spacial score (nSPS) is 10.4. The second kappa shape index (κ2) is 4.48. The van der Waals surface area contributed by atoms with Crippen molar-refractivity contribution in [3.63, 3.8) is 0 Å². The molecule has 94 valence electrons. The maximum Gasteiger partial charge on any atom is 0.374 e. The van der Waals surface area contributed by atoms with Crippen LogP contribution in [0.4, 0.5) is 4.39 Å². The Morgan fingerprint density at radius 3 is 2.72 bits per heavy atom. The van der Waals surface area contributed by atoms with Gasteiger partial charge in [-0.1, -0.05) is 5.16 Å². The summed E-state index contributed by atoms with van der Waals surface area (Å²) in [5.41, 5.74) is 0.638. The molecule has 0 radical (unpaired) electrons. The number of carbonyl (C=O) groups is 1. The first-order chi connectivity index (χ1) is 8.52. The number of aromatic carboxylic acids is 1. The number of carboxylic acids is 1. The number of hydrogen-bond donors (Lipinski definition) is 1. The Kier molecular flexibility index (Phi) is 3.01. The summed E-state index contributed by atoms with van der Waals surface area (Å²) in [6.07, 6.45) is 0. The highest BCUT2D eigenvalue weighted by Crippen LogP contribution is 2.29. The van der Waals surface area contributed by atoms with Gasteiger partial charge in [0, 0.05) is 11.6 Å². The molecule has 0 bridgehead atoms. The zero-order valence-electron chi connectivity index (χ0n) is 9.73. The van der Waals surface area contributed by atoms with E-state index >= 15 is 0 Å². The monoisotopic (exact) mass is 251 g/mol. The van der Waals surface area contributed by atoms with E-state index in [1.807, 2.05) is 0 Å². The van der Waals surface area contributed by atoms with Gasteiger partial charge in [0.15, 0.2) is 0 Å². The number of nitrogens with zero attached hydrogens (tertiary/aromatic N) is 1. The molecule has 0 aliphatic heterocycles. The van der Waals surface area contributed by atoms with Crippen LogP contribution in [0.15, 0.2) is 22.7 Å². The molecule has 1 N–H and O–H groups in total. The predicted molar refractivity (Wildman–Crippen MR) is 60.1 cm³/mol. The quantitative estimate of drug-likeness (QED) is 0.907. The molecule has 0 fully saturated rings. The molecule has 1 aromatic heterocycles. The van der Waals surface area contributed by atoms with Crippen LogP contribution in [0.25, 0.3) is 11.3 Å². The zero-order chi connectivity index (χ0) is 13.3. The highest BCUT2D eigenvalue weighted by atomic mass is 19.1. The van der Waals surface area contributed by atoms with Gasteiger partial charge in [-0.15, -0.1) is 0 Å². The van der Waals surface area contributed by atoms with E-state index in [-0.39, 0.29) is 17.0 Å². The summed E-state index contributed by atoms with van der Waals surface area (Å²) in [6.45, 7) is 1.58. The maximum atomic E-state index is 13.9. The van der Waals surface area contributed by atoms with Crippen molar-refractivity contribution in [3.05, 3.63) is 35.3 Å². The highest BCUT2D eigenvalue weighted by molar-refractivity contribution is 5.85. The number of halogens is 1. The molecular formula is C12H10FNO4. The first kappa shape index (κ1) is 12.1. The molecule has 0 saturated carbocycles. The second-order valence-corrected chi connectivity index (χ2v) is 3.69. The third kappa shape index (κ3) is 2.04.